The molecule has 1 aromatic heterocycles. The predicted octanol–water partition coefficient (Wildman–Crippen LogP) is 1.96. The number of likely N-dealkylation sites (tertiary alicyclic amines) is 1. The normalized spacial score (nSPS) is 25.0. The molecule has 1 unspecified atom stereocenters. The molecule has 2 fully saturated rings. The van der Waals surface area contributed by atoms with Crippen LogP contribution in [0.1, 0.15) is 41.6 Å². The number of carbonyl (C=O) groups is 1. The van der Waals surface area contributed by atoms with Gasteiger partial charge in [0.05, 0.1) is 0 Å². The molecule has 1 aliphatic heterocycles. The van der Waals surface area contributed by atoms with Crippen LogP contribution in [0.2, 0.25) is 0 Å². The highest BCUT2D eigenvalue weighted by atomic mass is 32.1. The van der Waals surface area contributed by atoms with Crippen molar-refractivity contribution in [1.82, 2.24) is 15.1 Å². The van der Waals surface area contributed by atoms with Gasteiger partial charge >= 0.3 is 0 Å². The summed E-state index contributed by atoms with van der Waals surface area (Å²) in [6.45, 7) is 3.77. The van der Waals surface area contributed by atoms with Crippen molar-refractivity contribution < 1.29 is 4.79 Å². The molecule has 1 saturated heterocycles. The van der Waals surface area contributed by atoms with E-state index in [1.807, 2.05) is 11.8 Å². The highest BCUT2D eigenvalue weighted by Crippen LogP contribution is 2.34. The highest BCUT2D eigenvalue weighted by Gasteiger charge is 2.36. The minimum Gasteiger partial charge on any atom is -0.342 e. The fourth-order valence-corrected chi connectivity index (χ4v) is 3.27. The Morgan fingerprint density at radius 2 is 2.18 bits per heavy atom. The zero-order chi connectivity index (χ0) is 11.8. The summed E-state index contributed by atoms with van der Waals surface area (Å²) in [5.74, 6) is 1.12. The molecule has 0 spiro atoms. The molecule has 4 nitrogen and oxygen atoms in total. The van der Waals surface area contributed by atoms with Crippen LogP contribution >= 0.6 is 11.3 Å². The lowest BCUT2D eigenvalue weighted by atomic mass is 9.98. The van der Waals surface area contributed by atoms with Crippen molar-refractivity contribution in [3.63, 3.8) is 0 Å². The van der Waals surface area contributed by atoms with E-state index in [0.29, 0.717) is 17.7 Å². The van der Waals surface area contributed by atoms with Crippen molar-refractivity contribution in [3.05, 3.63) is 10.0 Å². The van der Waals surface area contributed by atoms with Crippen LogP contribution in [0.4, 0.5) is 0 Å². The summed E-state index contributed by atoms with van der Waals surface area (Å²) in [5.41, 5.74) is 0. The van der Waals surface area contributed by atoms with Crippen LogP contribution < -0.4 is 0 Å². The summed E-state index contributed by atoms with van der Waals surface area (Å²) >= 11 is 1.67. The maximum absolute atomic E-state index is 12.0. The fourth-order valence-electron chi connectivity index (χ4n) is 2.44. The zero-order valence-corrected chi connectivity index (χ0v) is 10.9. The second kappa shape index (κ2) is 4.37. The van der Waals surface area contributed by atoms with Gasteiger partial charge in [0, 0.05) is 24.9 Å². The van der Waals surface area contributed by atoms with E-state index >= 15 is 0 Å². The number of amides is 1. The Morgan fingerprint density at radius 1 is 1.35 bits per heavy atom. The first kappa shape index (κ1) is 11.1. The smallest absolute Gasteiger partial charge is 0.225 e. The SMILES string of the molecule is Cc1nnc(C2CCCN(C(=O)C3CC3)C2)s1. The Balaban J connectivity index is 1.68. The monoisotopic (exact) mass is 251 g/mol. The first-order chi connectivity index (χ1) is 8.24. The van der Waals surface area contributed by atoms with E-state index < -0.39 is 0 Å². The Bertz CT molecular complexity index is 427. The van der Waals surface area contributed by atoms with Gasteiger partial charge in [-0.2, -0.15) is 0 Å². The van der Waals surface area contributed by atoms with Gasteiger partial charge in [-0.05, 0) is 32.6 Å². The Labute approximate surface area is 105 Å². The molecular formula is C12H17N3OS. The van der Waals surface area contributed by atoms with Crippen LogP contribution in [0.5, 0.6) is 0 Å². The van der Waals surface area contributed by atoms with Crippen molar-refractivity contribution in [2.45, 2.75) is 38.5 Å². The Kier molecular flexibility index (Phi) is 2.86. The molecular weight excluding hydrogens is 234 g/mol. The maximum atomic E-state index is 12.0. The van der Waals surface area contributed by atoms with Gasteiger partial charge in [0.2, 0.25) is 5.91 Å². The Morgan fingerprint density at radius 3 is 2.82 bits per heavy atom. The summed E-state index contributed by atoms with van der Waals surface area (Å²) in [6, 6.07) is 0. The number of rotatable bonds is 2. The summed E-state index contributed by atoms with van der Waals surface area (Å²) in [7, 11) is 0. The second-order valence-corrected chi connectivity index (χ2v) is 6.27. The van der Waals surface area contributed by atoms with Crippen molar-refractivity contribution in [1.29, 1.82) is 0 Å². The molecule has 17 heavy (non-hydrogen) atoms. The average molecular weight is 251 g/mol. The van der Waals surface area contributed by atoms with E-state index in [0.717, 1.165) is 48.8 Å². The molecule has 5 heteroatoms. The lowest BCUT2D eigenvalue weighted by Crippen LogP contribution is -2.39. The first-order valence-corrected chi connectivity index (χ1v) is 7.14. The summed E-state index contributed by atoms with van der Waals surface area (Å²) in [5, 5.41) is 10.4. The predicted molar refractivity (Wildman–Crippen MR) is 65.9 cm³/mol. The Hall–Kier alpha value is -0.970. The van der Waals surface area contributed by atoms with E-state index in [9.17, 15) is 4.79 Å². The summed E-state index contributed by atoms with van der Waals surface area (Å²) in [4.78, 5) is 14.1. The van der Waals surface area contributed by atoms with E-state index in [1.54, 1.807) is 11.3 Å². The number of aryl methyl sites for hydroxylation is 1. The third-order valence-electron chi connectivity index (χ3n) is 3.55. The third kappa shape index (κ3) is 2.34. The molecule has 0 aromatic carbocycles. The minimum absolute atomic E-state index is 0.338. The lowest BCUT2D eigenvalue weighted by Gasteiger charge is -2.31. The van der Waals surface area contributed by atoms with Crippen molar-refractivity contribution in [3.8, 4) is 0 Å². The van der Waals surface area contributed by atoms with Gasteiger partial charge in [0.1, 0.15) is 10.0 Å². The molecule has 0 radical (unpaired) electrons. The van der Waals surface area contributed by atoms with Crippen LogP contribution in [0.15, 0.2) is 0 Å². The summed E-state index contributed by atoms with van der Waals surface area (Å²) in [6.07, 6.45) is 4.43. The lowest BCUT2D eigenvalue weighted by molar-refractivity contribution is -0.133. The molecule has 1 saturated carbocycles. The van der Waals surface area contributed by atoms with Gasteiger partial charge in [0.25, 0.3) is 0 Å². The molecule has 2 aliphatic rings. The molecule has 1 aromatic rings. The van der Waals surface area contributed by atoms with Crippen molar-refractivity contribution >= 4 is 17.2 Å². The topological polar surface area (TPSA) is 46.1 Å². The quantitative estimate of drug-likeness (QED) is 0.807. The van der Waals surface area contributed by atoms with E-state index in [-0.39, 0.29) is 0 Å². The van der Waals surface area contributed by atoms with E-state index in [1.165, 1.54) is 0 Å². The number of carbonyl (C=O) groups excluding carboxylic acids is 1. The van der Waals surface area contributed by atoms with Gasteiger partial charge in [-0.1, -0.05) is 0 Å². The second-order valence-electron chi connectivity index (χ2n) is 5.06. The molecule has 0 N–H and O–H groups in total. The van der Waals surface area contributed by atoms with Crippen LogP contribution in [0, 0.1) is 12.8 Å². The van der Waals surface area contributed by atoms with Crippen LogP contribution in [-0.2, 0) is 4.79 Å². The maximum Gasteiger partial charge on any atom is 0.225 e. The standard InChI is InChI=1S/C12H17N3OS/c1-8-13-14-11(17-8)10-3-2-6-15(7-10)12(16)9-4-5-9/h9-10H,2-7H2,1H3. The van der Waals surface area contributed by atoms with Gasteiger partial charge in [-0.25, -0.2) is 0 Å². The summed E-state index contributed by atoms with van der Waals surface area (Å²) < 4.78 is 0. The van der Waals surface area contributed by atoms with Crippen molar-refractivity contribution in [2.24, 2.45) is 5.92 Å². The molecule has 1 atom stereocenters. The third-order valence-corrected chi connectivity index (χ3v) is 4.55. The number of hydrogen-bond acceptors (Lipinski definition) is 4. The van der Waals surface area contributed by atoms with E-state index in [4.69, 9.17) is 0 Å². The van der Waals surface area contributed by atoms with Gasteiger partial charge < -0.3 is 4.90 Å². The minimum atomic E-state index is 0.338. The highest BCUT2D eigenvalue weighted by molar-refractivity contribution is 7.11. The molecule has 0 bridgehead atoms. The van der Waals surface area contributed by atoms with Gasteiger partial charge in [-0.3, -0.25) is 4.79 Å². The van der Waals surface area contributed by atoms with Crippen LogP contribution in [-0.4, -0.2) is 34.1 Å². The zero-order valence-electron chi connectivity index (χ0n) is 10.1. The first-order valence-electron chi connectivity index (χ1n) is 6.33. The van der Waals surface area contributed by atoms with Crippen LogP contribution in [0.25, 0.3) is 0 Å². The van der Waals surface area contributed by atoms with Gasteiger partial charge in [-0.15, -0.1) is 21.5 Å². The molecule has 3 rings (SSSR count). The molecule has 2 heterocycles. The molecule has 92 valence electrons. The number of aromatic nitrogens is 2. The molecule has 1 amide bonds. The van der Waals surface area contributed by atoms with E-state index in [2.05, 4.69) is 10.2 Å². The number of piperidine rings is 1. The number of hydrogen-bond donors (Lipinski definition) is 0. The van der Waals surface area contributed by atoms with Crippen molar-refractivity contribution in [2.75, 3.05) is 13.1 Å². The molecule has 1 aliphatic carbocycles. The van der Waals surface area contributed by atoms with Gasteiger partial charge in [0.15, 0.2) is 0 Å². The number of nitrogens with zero attached hydrogens (tertiary/aromatic N) is 3. The average Bonchev–Trinajstić information content (AvgIpc) is 3.11. The largest absolute Gasteiger partial charge is 0.342 e. The van der Waals surface area contributed by atoms with Crippen LogP contribution in [0.3, 0.4) is 0 Å². The fraction of sp³-hybridized carbons (Fsp3) is 0.750.